The van der Waals surface area contributed by atoms with Crippen molar-refractivity contribution in [3.05, 3.63) is 47.1 Å². The molecule has 1 aliphatic rings. The van der Waals surface area contributed by atoms with E-state index in [1.54, 1.807) is 11.8 Å². The predicted molar refractivity (Wildman–Crippen MR) is 90.2 cm³/mol. The van der Waals surface area contributed by atoms with Crippen molar-refractivity contribution in [1.29, 1.82) is 0 Å². The number of aromatic nitrogens is 2. The molecule has 8 heteroatoms. The predicted octanol–water partition coefficient (Wildman–Crippen LogP) is 3.21. The minimum Gasteiger partial charge on any atom is -0.340 e. The molecule has 3 rings (SSSR count). The fraction of sp³-hybridized carbons (Fsp3) is 0.500. The van der Waals surface area contributed by atoms with Gasteiger partial charge in [-0.25, -0.2) is 13.6 Å². The standard InChI is InChI=1S/C18H22F2N4O2/c1-12-22-17(23-26-12)11-21-18(25)24-8-6-13(7-9-24)2-3-14-4-5-15(19)10-16(14)20/h4-5,10,13H,2-3,6-9,11H2,1H3,(H,21,25). The molecule has 0 atom stereocenters. The van der Waals surface area contributed by atoms with Gasteiger partial charge in [-0.15, -0.1) is 0 Å². The van der Waals surface area contributed by atoms with Gasteiger partial charge in [0, 0.05) is 26.1 Å². The van der Waals surface area contributed by atoms with Crippen molar-refractivity contribution in [2.24, 2.45) is 5.92 Å². The van der Waals surface area contributed by atoms with Crippen molar-refractivity contribution in [2.75, 3.05) is 13.1 Å². The molecule has 0 spiro atoms. The first kappa shape index (κ1) is 18.3. The van der Waals surface area contributed by atoms with Crippen LogP contribution in [-0.4, -0.2) is 34.2 Å². The Morgan fingerprint density at radius 3 is 2.77 bits per heavy atom. The van der Waals surface area contributed by atoms with Crippen LogP contribution in [0.15, 0.2) is 22.7 Å². The Balaban J connectivity index is 1.40. The van der Waals surface area contributed by atoms with Gasteiger partial charge in [0.2, 0.25) is 5.89 Å². The molecule has 0 aliphatic carbocycles. The number of rotatable bonds is 5. The third-order valence-corrected chi connectivity index (χ3v) is 4.71. The van der Waals surface area contributed by atoms with E-state index >= 15 is 0 Å². The number of benzene rings is 1. The largest absolute Gasteiger partial charge is 0.340 e. The second-order valence-electron chi connectivity index (χ2n) is 6.59. The van der Waals surface area contributed by atoms with Crippen LogP contribution in [0.3, 0.4) is 0 Å². The van der Waals surface area contributed by atoms with Crippen molar-refractivity contribution >= 4 is 6.03 Å². The second kappa shape index (κ2) is 8.25. The first-order valence-corrected chi connectivity index (χ1v) is 8.77. The minimum atomic E-state index is -0.554. The number of carbonyl (C=O) groups excluding carboxylic acids is 1. The van der Waals surface area contributed by atoms with Crippen molar-refractivity contribution in [3.8, 4) is 0 Å². The Labute approximate surface area is 150 Å². The summed E-state index contributed by atoms with van der Waals surface area (Å²) in [6, 6.07) is 3.58. The molecule has 6 nitrogen and oxygen atoms in total. The van der Waals surface area contributed by atoms with Crippen LogP contribution < -0.4 is 5.32 Å². The lowest BCUT2D eigenvalue weighted by molar-refractivity contribution is 0.167. The summed E-state index contributed by atoms with van der Waals surface area (Å²) in [6.07, 6.45) is 3.16. The van der Waals surface area contributed by atoms with E-state index in [9.17, 15) is 13.6 Å². The van der Waals surface area contributed by atoms with Crippen molar-refractivity contribution in [2.45, 2.75) is 39.2 Å². The normalized spacial score (nSPS) is 15.3. The average molecular weight is 364 g/mol. The highest BCUT2D eigenvalue weighted by Crippen LogP contribution is 2.23. The lowest BCUT2D eigenvalue weighted by Crippen LogP contribution is -2.44. The molecule has 1 aromatic heterocycles. The zero-order chi connectivity index (χ0) is 18.5. The van der Waals surface area contributed by atoms with Crippen molar-refractivity contribution in [1.82, 2.24) is 20.4 Å². The van der Waals surface area contributed by atoms with Crippen LogP contribution in [0.2, 0.25) is 0 Å². The van der Waals surface area contributed by atoms with Crippen LogP contribution in [0.25, 0.3) is 0 Å². The Kier molecular flexibility index (Phi) is 5.80. The highest BCUT2D eigenvalue weighted by molar-refractivity contribution is 5.74. The van der Waals surface area contributed by atoms with E-state index in [2.05, 4.69) is 15.5 Å². The molecule has 2 aromatic rings. The van der Waals surface area contributed by atoms with Gasteiger partial charge in [-0.1, -0.05) is 11.2 Å². The van der Waals surface area contributed by atoms with Crippen LogP contribution in [0.5, 0.6) is 0 Å². The summed E-state index contributed by atoms with van der Waals surface area (Å²) in [4.78, 5) is 18.0. The topological polar surface area (TPSA) is 71.3 Å². The number of piperidine rings is 1. The molecule has 0 radical (unpaired) electrons. The molecule has 0 unspecified atom stereocenters. The smallest absolute Gasteiger partial charge is 0.317 e. The highest BCUT2D eigenvalue weighted by Gasteiger charge is 2.23. The van der Waals surface area contributed by atoms with Gasteiger partial charge in [0.05, 0.1) is 6.54 Å². The summed E-state index contributed by atoms with van der Waals surface area (Å²) in [5, 5.41) is 6.52. The van der Waals surface area contributed by atoms with Gasteiger partial charge in [0.1, 0.15) is 11.6 Å². The summed E-state index contributed by atoms with van der Waals surface area (Å²) in [5.74, 6) is 0.308. The maximum absolute atomic E-state index is 13.7. The van der Waals surface area contributed by atoms with Crippen molar-refractivity contribution in [3.63, 3.8) is 0 Å². The number of hydrogen-bond acceptors (Lipinski definition) is 4. The lowest BCUT2D eigenvalue weighted by atomic mass is 9.90. The molecular weight excluding hydrogens is 342 g/mol. The van der Waals surface area contributed by atoms with Gasteiger partial charge in [-0.2, -0.15) is 4.98 Å². The number of halogens is 2. The van der Waals surface area contributed by atoms with Gasteiger partial charge in [-0.3, -0.25) is 0 Å². The summed E-state index contributed by atoms with van der Waals surface area (Å²) in [6.45, 7) is 3.25. The molecule has 1 aliphatic heterocycles. The molecule has 2 amide bonds. The highest BCUT2D eigenvalue weighted by atomic mass is 19.1. The zero-order valence-electron chi connectivity index (χ0n) is 14.7. The van der Waals surface area contributed by atoms with E-state index in [1.807, 2.05) is 0 Å². The fourth-order valence-corrected chi connectivity index (χ4v) is 3.19. The Morgan fingerprint density at radius 2 is 2.12 bits per heavy atom. The molecule has 0 bridgehead atoms. The number of nitrogens with zero attached hydrogens (tertiary/aromatic N) is 3. The summed E-state index contributed by atoms with van der Waals surface area (Å²) in [7, 11) is 0. The third kappa shape index (κ3) is 4.77. The van der Waals surface area contributed by atoms with Crippen molar-refractivity contribution < 1.29 is 18.1 Å². The molecule has 1 fully saturated rings. The average Bonchev–Trinajstić information content (AvgIpc) is 3.05. The molecule has 1 saturated heterocycles. The monoisotopic (exact) mass is 364 g/mol. The summed E-state index contributed by atoms with van der Waals surface area (Å²) >= 11 is 0. The van der Waals surface area contributed by atoms with E-state index in [4.69, 9.17) is 4.52 Å². The Hall–Kier alpha value is -2.51. The number of carbonyl (C=O) groups is 1. The van der Waals surface area contributed by atoms with E-state index < -0.39 is 11.6 Å². The number of nitrogens with one attached hydrogen (secondary N) is 1. The maximum atomic E-state index is 13.7. The third-order valence-electron chi connectivity index (χ3n) is 4.71. The first-order chi connectivity index (χ1) is 12.5. The Morgan fingerprint density at radius 1 is 1.35 bits per heavy atom. The fourth-order valence-electron chi connectivity index (χ4n) is 3.19. The quantitative estimate of drug-likeness (QED) is 0.884. The van der Waals surface area contributed by atoms with Gasteiger partial charge < -0.3 is 14.7 Å². The zero-order valence-corrected chi connectivity index (χ0v) is 14.7. The van der Waals surface area contributed by atoms with Crippen LogP contribution in [-0.2, 0) is 13.0 Å². The van der Waals surface area contributed by atoms with Crippen LogP contribution in [0, 0.1) is 24.5 Å². The summed E-state index contributed by atoms with van der Waals surface area (Å²) < 4.78 is 31.5. The number of hydrogen-bond donors (Lipinski definition) is 1. The molecule has 140 valence electrons. The summed E-state index contributed by atoms with van der Waals surface area (Å²) in [5.41, 5.74) is 0.543. The van der Waals surface area contributed by atoms with E-state index in [0.717, 1.165) is 25.3 Å². The molecule has 0 saturated carbocycles. The maximum Gasteiger partial charge on any atom is 0.317 e. The van der Waals surface area contributed by atoms with Gasteiger partial charge >= 0.3 is 6.03 Å². The van der Waals surface area contributed by atoms with Crippen LogP contribution >= 0.6 is 0 Å². The SMILES string of the molecule is Cc1nc(CNC(=O)N2CCC(CCc3ccc(F)cc3F)CC2)no1. The van der Waals surface area contributed by atoms with Gasteiger partial charge in [-0.05, 0) is 43.2 Å². The molecule has 1 N–H and O–H groups in total. The second-order valence-corrected chi connectivity index (χ2v) is 6.59. The molecule has 26 heavy (non-hydrogen) atoms. The van der Waals surface area contributed by atoms with Crippen LogP contribution in [0.1, 0.15) is 36.5 Å². The first-order valence-electron chi connectivity index (χ1n) is 8.77. The lowest BCUT2D eigenvalue weighted by Gasteiger charge is -2.32. The number of likely N-dealkylation sites (tertiary alicyclic amines) is 1. The number of amides is 2. The molecular formula is C18H22F2N4O2. The molecule has 2 heterocycles. The van der Waals surface area contributed by atoms with E-state index in [-0.39, 0.29) is 12.6 Å². The minimum absolute atomic E-state index is 0.143. The van der Waals surface area contributed by atoms with E-state index in [0.29, 0.717) is 42.7 Å². The van der Waals surface area contributed by atoms with Crippen LogP contribution in [0.4, 0.5) is 13.6 Å². The molecule has 1 aromatic carbocycles. The number of aryl methyl sites for hydroxylation is 2. The van der Waals surface area contributed by atoms with Gasteiger partial charge in [0.25, 0.3) is 0 Å². The van der Waals surface area contributed by atoms with Gasteiger partial charge in [0.15, 0.2) is 5.82 Å². The number of urea groups is 1. The van der Waals surface area contributed by atoms with E-state index in [1.165, 1.54) is 12.1 Å². The Bertz CT molecular complexity index is 757.